The zero-order chi connectivity index (χ0) is 18.0. The van der Waals surface area contributed by atoms with Gasteiger partial charge < -0.3 is 10.1 Å². The number of ether oxygens (including phenoxy) is 1. The first-order valence-electron chi connectivity index (χ1n) is 8.27. The van der Waals surface area contributed by atoms with Gasteiger partial charge in [-0.2, -0.15) is 0 Å². The lowest BCUT2D eigenvalue weighted by molar-refractivity contribution is 0.330. The van der Waals surface area contributed by atoms with Gasteiger partial charge >= 0.3 is 5.69 Å². The minimum atomic E-state index is -0.276. The van der Waals surface area contributed by atoms with E-state index in [-0.39, 0.29) is 11.1 Å². The van der Waals surface area contributed by atoms with Crippen LogP contribution in [0.1, 0.15) is 32.0 Å². The van der Waals surface area contributed by atoms with Crippen molar-refractivity contribution in [3.05, 3.63) is 52.2 Å². The zero-order valence-electron chi connectivity index (χ0n) is 15.0. The summed E-state index contributed by atoms with van der Waals surface area (Å²) in [5, 5.41) is 9.74. The lowest BCUT2D eigenvalue weighted by atomic mass is 9.93. The zero-order valence-corrected chi connectivity index (χ0v) is 15.0. The molecule has 1 aromatic carbocycles. The molecule has 0 aliphatic heterocycles. The van der Waals surface area contributed by atoms with Crippen LogP contribution in [0.5, 0.6) is 5.75 Å². The van der Waals surface area contributed by atoms with Crippen molar-refractivity contribution in [2.24, 2.45) is 0 Å². The molecule has 0 spiro atoms. The number of hydrogen-bond acceptors (Lipinski definition) is 5. The molecule has 0 fully saturated rings. The molecule has 2 N–H and O–H groups in total. The van der Waals surface area contributed by atoms with Crippen LogP contribution in [0.15, 0.2) is 35.3 Å². The van der Waals surface area contributed by atoms with E-state index in [1.807, 2.05) is 31.2 Å². The second-order valence-electron chi connectivity index (χ2n) is 6.99. The number of nitrogens with one attached hydrogen (secondary N) is 2. The molecule has 0 aliphatic carbocycles. The molecule has 0 atom stereocenters. The molecule has 3 rings (SSSR count). The van der Waals surface area contributed by atoms with Gasteiger partial charge in [-0.1, -0.05) is 39.0 Å². The fraction of sp³-hybridized carbons (Fsp3) is 0.389. The van der Waals surface area contributed by atoms with Gasteiger partial charge in [0, 0.05) is 11.6 Å². The molecule has 7 nitrogen and oxygen atoms in total. The van der Waals surface area contributed by atoms with Crippen molar-refractivity contribution < 1.29 is 4.74 Å². The van der Waals surface area contributed by atoms with Crippen molar-refractivity contribution in [3.8, 4) is 5.75 Å². The number of benzene rings is 1. The third-order valence-corrected chi connectivity index (χ3v) is 3.91. The Hall–Kier alpha value is -2.83. The van der Waals surface area contributed by atoms with Gasteiger partial charge in [0.1, 0.15) is 12.4 Å². The predicted octanol–water partition coefficient (Wildman–Crippen LogP) is 2.51. The van der Waals surface area contributed by atoms with E-state index in [1.54, 1.807) is 6.20 Å². The minimum Gasteiger partial charge on any atom is -0.491 e. The van der Waals surface area contributed by atoms with Crippen molar-refractivity contribution in [2.45, 2.75) is 33.1 Å². The molecule has 2 aromatic heterocycles. The Kier molecular flexibility index (Phi) is 4.48. The number of nitrogens with zero attached hydrogens (tertiary/aromatic N) is 3. The minimum absolute atomic E-state index is 0.182. The van der Waals surface area contributed by atoms with Crippen LogP contribution in [-0.2, 0) is 5.41 Å². The molecule has 2 heterocycles. The van der Waals surface area contributed by atoms with Crippen LogP contribution in [0.2, 0.25) is 0 Å². The third kappa shape index (κ3) is 3.65. The van der Waals surface area contributed by atoms with Gasteiger partial charge in [0.25, 0.3) is 0 Å². The number of para-hydroxylation sites is 1. The largest absolute Gasteiger partial charge is 0.491 e. The van der Waals surface area contributed by atoms with Crippen LogP contribution in [-0.4, -0.2) is 32.7 Å². The van der Waals surface area contributed by atoms with Gasteiger partial charge in [0.15, 0.2) is 5.82 Å². The van der Waals surface area contributed by atoms with E-state index in [9.17, 15) is 4.79 Å². The average Bonchev–Trinajstić information content (AvgIpc) is 2.94. The Morgan fingerprint density at radius 2 is 2.04 bits per heavy atom. The van der Waals surface area contributed by atoms with Crippen LogP contribution in [0.3, 0.4) is 0 Å². The average molecular weight is 341 g/mol. The monoisotopic (exact) mass is 341 g/mol. The van der Waals surface area contributed by atoms with Gasteiger partial charge in [-0.05, 0) is 18.6 Å². The highest BCUT2D eigenvalue weighted by atomic mass is 16.5. The number of anilines is 1. The Morgan fingerprint density at radius 1 is 1.28 bits per heavy atom. The summed E-state index contributed by atoms with van der Waals surface area (Å²) in [6, 6.07) is 7.88. The number of aromatic nitrogens is 4. The van der Waals surface area contributed by atoms with E-state index < -0.39 is 0 Å². The SMILES string of the molecule is Cc1ccccc1OCCNc1nc(C(C)(C)C)cn2c(=O)[nH]nc12. The number of H-pyrrole nitrogens is 1. The number of fused-ring (bicyclic) bond motifs is 1. The molecule has 132 valence electrons. The van der Waals surface area contributed by atoms with Crippen molar-refractivity contribution in [3.63, 3.8) is 0 Å². The molecular weight excluding hydrogens is 318 g/mol. The summed E-state index contributed by atoms with van der Waals surface area (Å²) in [6.45, 7) is 9.20. The molecule has 7 heteroatoms. The quantitative estimate of drug-likeness (QED) is 0.697. The molecule has 0 saturated heterocycles. The number of hydrogen-bond donors (Lipinski definition) is 2. The maximum Gasteiger partial charge on any atom is 0.347 e. The summed E-state index contributed by atoms with van der Waals surface area (Å²) >= 11 is 0. The topological polar surface area (TPSA) is 84.3 Å². The molecule has 0 unspecified atom stereocenters. The highest BCUT2D eigenvalue weighted by molar-refractivity contribution is 5.62. The van der Waals surface area contributed by atoms with E-state index in [0.29, 0.717) is 24.6 Å². The van der Waals surface area contributed by atoms with E-state index >= 15 is 0 Å². The summed E-state index contributed by atoms with van der Waals surface area (Å²) < 4.78 is 7.27. The van der Waals surface area contributed by atoms with E-state index in [1.165, 1.54) is 4.40 Å². The standard InChI is InChI=1S/C18H23N5O2/c1-12-7-5-6-8-13(12)25-10-9-19-15-16-21-22-17(24)23(16)11-14(20-15)18(2,3)4/h5-8,11H,9-10H2,1-4H3,(H,19,20)(H,22,24). The van der Waals surface area contributed by atoms with Crippen LogP contribution >= 0.6 is 0 Å². The summed E-state index contributed by atoms with van der Waals surface area (Å²) in [5.74, 6) is 1.43. The van der Waals surface area contributed by atoms with Gasteiger partial charge in [0.2, 0.25) is 5.65 Å². The molecule has 0 aliphatic rings. The summed E-state index contributed by atoms with van der Waals surface area (Å²) in [6.07, 6.45) is 1.73. The fourth-order valence-electron chi connectivity index (χ4n) is 2.44. The molecule has 0 radical (unpaired) electrons. The Balaban J connectivity index is 1.77. The van der Waals surface area contributed by atoms with E-state index in [2.05, 4.69) is 41.3 Å². The van der Waals surface area contributed by atoms with Gasteiger partial charge in [0.05, 0.1) is 12.2 Å². The Bertz CT molecular complexity index is 937. The molecule has 0 amide bonds. The van der Waals surface area contributed by atoms with Crippen LogP contribution in [0.25, 0.3) is 5.65 Å². The lowest BCUT2D eigenvalue weighted by Gasteiger charge is -2.19. The van der Waals surface area contributed by atoms with Crippen molar-refractivity contribution in [2.75, 3.05) is 18.5 Å². The highest BCUT2D eigenvalue weighted by Gasteiger charge is 2.19. The first-order valence-corrected chi connectivity index (χ1v) is 8.27. The van der Waals surface area contributed by atoms with Gasteiger partial charge in [-0.3, -0.25) is 0 Å². The van der Waals surface area contributed by atoms with E-state index in [0.717, 1.165) is 17.0 Å². The summed E-state index contributed by atoms with van der Waals surface area (Å²) in [4.78, 5) is 16.6. The first-order chi connectivity index (χ1) is 11.9. The summed E-state index contributed by atoms with van der Waals surface area (Å²) in [7, 11) is 0. The maximum absolute atomic E-state index is 11.9. The van der Waals surface area contributed by atoms with Crippen molar-refractivity contribution >= 4 is 11.5 Å². The number of aromatic amines is 1. The fourth-order valence-corrected chi connectivity index (χ4v) is 2.44. The molecule has 0 bridgehead atoms. The Morgan fingerprint density at radius 3 is 2.76 bits per heavy atom. The lowest BCUT2D eigenvalue weighted by Crippen LogP contribution is -2.20. The molecule has 3 aromatic rings. The highest BCUT2D eigenvalue weighted by Crippen LogP contribution is 2.22. The van der Waals surface area contributed by atoms with E-state index in [4.69, 9.17) is 4.74 Å². The third-order valence-electron chi connectivity index (χ3n) is 3.91. The second kappa shape index (κ2) is 6.58. The predicted molar refractivity (Wildman–Crippen MR) is 97.5 cm³/mol. The molecule has 25 heavy (non-hydrogen) atoms. The van der Waals surface area contributed by atoms with Crippen LogP contribution in [0, 0.1) is 6.92 Å². The molecule has 0 saturated carbocycles. The van der Waals surface area contributed by atoms with Crippen LogP contribution in [0.4, 0.5) is 5.82 Å². The van der Waals surface area contributed by atoms with Crippen molar-refractivity contribution in [1.82, 2.24) is 19.6 Å². The van der Waals surface area contributed by atoms with Gasteiger partial charge in [-0.15, -0.1) is 5.10 Å². The number of rotatable bonds is 5. The van der Waals surface area contributed by atoms with Gasteiger partial charge in [-0.25, -0.2) is 19.3 Å². The Labute approximate surface area is 146 Å². The smallest absolute Gasteiger partial charge is 0.347 e. The van der Waals surface area contributed by atoms with Crippen molar-refractivity contribution in [1.29, 1.82) is 0 Å². The van der Waals surface area contributed by atoms with Crippen LogP contribution < -0.4 is 15.7 Å². The maximum atomic E-state index is 11.9. The molecular formula is C18H23N5O2. The second-order valence-corrected chi connectivity index (χ2v) is 6.99. The first kappa shape index (κ1) is 17.0. The number of aryl methyl sites for hydroxylation is 1. The normalized spacial score (nSPS) is 11.7. The summed E-state index contributed by atoms with van der Waals surface area (Å²) in [5.41, 5.74) is 1.93.